The molecule has 2 N–H and O–H groups in total. The number of nitrogens with zero attached hydrogens (tertiary/aromatic N) is 3. The minimum absolute atomic E-state index is 0.391. The number of nitrogens with one attached hydrogen (secondary N) is 2. The highest BCUT2D eigenvalue weighted by Gasteiger charge is 2.45. The van der Waals surface area contributed by atoms with Gasteiger partial charge in [0, 0.05) is 36.7 Å². The zero-order valence-electron chi connectivity index (χ0n) is 22.9. The molecule has 1 saturated carbocycles. The van der Waals surface area contributed by atoms with Crippen LogP contribution < -0.4 is 15.9 Å². The van der Waals surface area contributed by atoms with E-state index in [1.807, 2.05) is 18.2 Å². The molecule has 3 fully saturated rings. The van der Waals surface area contributed by atoms with E-state index in [1.54, 1.807) is 26.6 Å². The molecule has 2 aliphatic heterocycles. The number of aryl methyl sites for hydroxylation is 2. The van der Waals surface area contributed by atoms with Crippen molar-refractivity contribution in [3.8, 4) is 0 Å². The van der Waals surface area contributed by atoms with Gasteiger partial charge >= 0.3 is 0 Å². The summed E-state index contributed by atoms with van der Waals surface area (Å²) in [5, 5.41) is 7.80. The molecule has 1 atom stereocenters. The lowest BCUT2D eigenvalue weighted by molar-refractivity contribution is 0.170. The molecule has 1 aromatic heterocycles. The minimum atomic E-state index is -2.58. The van der Waals surface area contributed by atoms with Crippen LogP contribution in [0.25, 0.3) is 0 Å². The number of methoxy groups -OCH3 is 1. The Morgan fingerprint density at radius 3 is 2.56 bits per heavy atom. The molecular formula is C30H37ClN5O2P. The second kappa shape index (κ2) is 10.9. The highest BCUT2D eigenvalue weighted by atomic mass is 35.5. The van der Waals surface area contributed by atoms with Gasteiger partial charge in [-0.1, -0.05) is 23.7 Å². The smallest absolute Gasteiger partial charge is 0.229 e. The monoisotopic (exact) mass is 565 g/mol. The summed E-state index contributed by atoms with van der Waals surface area (Å²) in [5.41, 5.74) is 5.53. The van der Waals surface area contributed by atoms with Crippen molar-refractivity contribution in [3.05, 3.63) is 64.3 Å². The van der Waals surface area contributed by atoms with E-state index in [-0.39, 0.29) is 0 Å². The Labute approximate surface area is 236 Å². The standard InChI is InChI=1S/C30H37ClN5O2P/c1-38-18-19-4-11-27(28(14-19)39(2,3)37)34-29-26(31)16-32-30(35-29)33-23-8-5-21-6-9-24(10-7-22(21)15-23)36-17-20-12-25(36)13-20/h4-5,8,11,14-16,20,24-25H,6-7,9-10,12-13,17-18H2,1-3H3,(H2,32,33,34,35)/t20?,24-,25?/m0/s1. The second-order valence-corrected chi connectivity index (χ2v) is 15.3. The van der Waals surface area contributed by atoms with E-state index in [4.69, 9.17) is 16.3 Å². The Morgan fingerprint density at radius 2 is 1.85 bits per heavy atom. The van der Waals surface area contributed by atoms with Gasteiger partial charge in [0.25, 0.3) is 0 Å². The number of ether oxygens (including phenoxy) is 1. The van der Waals surface area contributed by atoms with E-state index in [0.29, 0.717) is 29.1 Å². The molecule has 2 aliphatic carbocycles. The molecule has 0 radical (unpaired) electrons. The van der Waals surface area contributed by atoms with E-state index in [2.05, 4.69) is 43.7 Å². The highest BCUT2D eigenvalue weighted by Crippen LogP contribution is 2.44. The zero-order valence-corrected chi connectivity index (χ0v) is 24.6. The van der Waals surface area contributed by atoms with Crippen LogP contribution in [0.15, 0.2) is 42.6 Å². The van der Waals surface area contributed by atoms with Gasteiger partial charge in [0.15, 0.2) is 5.82 Å². The lowest BCUT2D eigenvalue weighted by Crippen LogP contribution is -2.37. The van der Waals surface area contributed by atoms with Crippen molar-refractivity contribution in [2.75, 3.05) is 37.6 Å². The Kier molecular flexibility index (Phi) is 7.45. The first-order valence-electron chi connectivity index (χ1n) is 13.9. The van der Waals surface area contributed by atoms with E-state index >= 15 is 0 Å². The normalized spacial score (nSPS) is 22.6. The number of benzene rings is 2. The molecule has 3 heterocycles. The highest BCUT2D eigenvalue weighted by molar-refractivity contribution is 7.70. The van der Waals surface area contributed by atoms with E-state index < -0.39 is 7.14 Å². The summed E-state index contributed by atoms with van der Waals surface area (Å²) >= 11 is 6.48. The Balaban J connectivity index is 1.18. The maximum absolute atomic E-state index is 13.1. The average molecular weight is 566 g/mol. The maximum Gasteiger partial charge on any atom is 0.229 e. The van der Waals surface area contributed by atoms with Gasteiger partial charge in [-0.25, -0.2) is 4.98 Å². The van der Waals surface area contributed by atoms with Crippen molar-refractivity contribution in [1.82, 2.24) is 14.9 Å². The molecule has 39 heavy (non-hydrogen) atoms. The topological polar surface area (TPSA) is 79.4 Å². The van der Waals surface area contributed by atoms with Crippen LogP contribution in [0.4, 0.5) is 23.1 Å². The number of anilines is 4. The number of hydrogen-bond donors (Lipinski definition) is 2. The van der Waals surface area contributed by atoms with Gasteiger partial charge in [-0.05, 0) is 98.7 Å². The van der Waals surface area contributed by atoms with Crippen LogP contribution in [0.3, 0.4) is 0 Å². The van der Waals surface area contributed by atoms with Crippen LogP contribution in [-0.2, 0) is 28.8 Å². The van der Waals surface area contributed by atoms with Crippen molar-refractivity contribution in [2.45, 2.75) is 57.2 Å². The van der Waals surface area contributed by atoms with E-state index in [9.17, 15) is 4.57 Å². The van der Waals surface area contributed by atoms with Gasteiger partial charge in [0.05, 0.1) is 18.5 Å². The van der Waals surface area contributed by atoms with Crippen molar-refractivity contribution >= 4 is 47.2 Å². The second-order valence-electron chi connectivity index (χ2n) is 11.7. The number of halogens is 1. The van der Waals surface area contributed by atoms with Gasteiger partial charge < -0.3 is 19.9 Å². The van der Waals surface area contributed by atoms with Crippen LogP contribution in [0.5, 0.6) is 0 Å². The Hall–Kier alpha value is -2.44. The molecule has 7 rings (SSSR count). The number of fused-ring (bicyclic) bond motifs is 2. The van der Waals surface area contributed by atoms with Gasteiger partial charge in [-0.2, -0.15) is 4.98 Å². The maximum atomic E-state index is 13.1. The molecule has 0 unspecified atom stereocenters. The van der Waals surface area contributed by atoms with Gasteiger partial charge in [-0.15, -0.1) is 0 Å². The van der Waals surface area contributed by atoms with E-state index in [0.717, 1.165) is 47.4 Å². The first kappa shape index (κ1) is 26.8. The van der Waals surface area contributed by atoms with Crippen LogP contribution in [0, 0.1) is 5.92 Å². The molecule has 2 saturated heterocycles. The largest absolute Gasteiger partial charge is 0.380 e. The predicted molar refractivity (Wildman–Crippen MR) is 160 cm³/mol. The molecule has 206 valence electrons. The summed E-state index contributed by atoms with van der Waals surface area (Å²) in [6, 6.07) is 14.0. The van der Waals surface area contributed by atoms with Gasteiger partial charge in [-0.3, -0.25) is 4.90 Å². The molecule has 9 heteroatoms. The minimum Gasteiger partial charge on any atom is -0.380 e. The van der Waals surface area contributed by atoms with Gasteiger partial charge in [0.1, 0.15) is 12.2 Å². The van der Waals surface area contributed by atoms with Crippen LogP contribution >= 0.6 is 18.7 Å². The molecule has 3 aromatic rings. The average Bonchev–Trinajstić information content (AvgIpc) is 3.42. The predicted octanol–water partition coefficient (Wildman–Crippen LogP) is 6.35. The fraction of sp³-hybridized carbons (Fsp3) is 0.467. The lowest BCUT2D eigenvalue weighted by Gasteiger charge is -2.32. The fourth-order valence-corrected chi connectivity index (χ4v) is 7.80. The summed E-state index contributed by atoms with van der Waals surface area (Å²) in [7, 11) is -0.927. The Bertz CT molecular complexity index is 1420. The Morgan fingerprint density at radius 1 is 1.05 bits per heavy atom. The molecule has 2 aromatic carbocycles. The molecule has 0 amide bonds. The van der Waals surface area contributed by atoms with Gasteiger partial charge in [0.2, 0.25) is 5.95 Å². The quantitative estimate of drug-likeness (QED) is 0.243. The lowest BCUT2D eigenvalue weighted by atomic mass is 9.86. The fourth-order valence-electron chi connectivity index (χ4n) is 6.47. The van der Waals surface area contributed by atoms with Crippen LogP contribution in [-0.4, -0.2) is 53.9 Å². The third kappa shape index (κ3) is 5.74. The first-order valence-corrected chi connectivity index (χ1v) is 16.9. The molecule has 0 spiro atoms. The molecule has 7 nitrogen and oxygen atoms in total. The third-order valence-corrected chi connectivity index (χ3v) is 10.3. The molecule has 2 bridgehead atoms. The first-order chi connectivity index (χ1) is 18.8. The number of rotatable bonds is 8. The van der Waals surface area contributed by atoms with Crippen LogP contribution in [0.1, 0.15) is 42.4 Å². The van der Waals surface area contributed by atoms with Crippen molar-refractivity contribution in [3.63, 3.8) is 0 Å². The molecule has 4 aliphatic rings. The number of aromatic nitrogens is 2. The summed E-state index contributed by atoms with van der Waals surface area (Å²) in [6.07, 6.45) is 9.17. The third-order valence-electron chi connectivity index (χ3n) is 8.52. The van der Waals surface area contributed by atoms with Crippen molar-refractivity contribution < 1.29 is 9.30 Å². The SMILES string of the molecule is COCc1ccc(Nc2nc(Nc3ccc4c(c3)CC[C@@H](N3CC5CC3C5)CC4)ncc2Cl)c(P(C)(C)=O)c1. The van der Waals surface area contributed by atoms with Crippen molar-refractivity contribution in [1.29, 1.82) is 0 Å². The number of hydrogen-bond acceptors (Lipinski definition) is 7. The molecular weight excluding hydrogens is 529 g/mol. The summed E-state index contributed by atoms with van der Waals surface area (Å²) in [4.78, 5) is 11.9. The van der Waals surface area contributed by atoms with Crippen LogP contribution in [0.2, 0.25) is 5.02 Å². The van der Waals surface area contributed by atoms with E-state index in [1.165, 1.54) is 43.4 Å². The van der Waals surface area contributed by atoms with Crippen molar-refractivity contribution in [2.24, 2.45) is 5.92 Å². The summed E-state index contributed by atoms with van der Waals surface area (Å²) < 4.78 is 18.3. The zero-order chi connectivity index (χ0) is 27.1. The summed E-state index contributed by atoms with van der Waals surface area (Å²) in [5.74, 6) is 1.88. The summed E-state index contributed by atoms with van der Waals surface area (Å²) in [6.45, 7) is 5.28.